The maximum absolute atomic E-state index is 12.5. The van der Waals surface area contributed by atoms with Gasteiger partial charge in [-0.25, -0.2) is 8.42 Å². The predicted molar refractivity (Wildman–Crippen MR) is 117 cm³/mol. The number of esters is 1. The van der Waals surface area contributed by atoms with E-state index in [1.807, 2.05) is 0 Å². The van der Waals surface area contributed by atoms with E-state index in [4.69, 9.17) is 18.9 Å². The molecule has 0 spiro atoms. The molecule has 0 radical (unpaired) electrons. The first kappa shape index (κ1) is 25.0. The molecule has 0 saturated heterocycles. The van der Waals surface area contributed by atoms with Crippen molar-refractivity contribution >= 4 is 27.6 Å². The third-order valence-corrected chi connectivity index (χ3v) is 5.93. The molecule has 2 N–H and O–H groups in total. The van der Waals surface area contributed by atoms with Crippen molar-refractivity contribution in [3.8, 4) is 17.2 Å². The second kappa shape index (κ2) is 10.8. The number of anilines is 1. The quantitative estimate of drug-likeness (QED) is 0.509. The minimum Gasteiger partial charge on any atom is -0.497 e. The first-order valence-corrected chi connectivity index (χ1v) is 11.0. The van der Waals surface area contributed by atoms with E-state index in [0.717, 1.165) is 0 Å². The molecule has 1 amide bonds. The van der Waals surface area contributed by atoms with Crippen molar-refractivity contribution in [2.45, 2.75) is 30.9 Å². The number of hydrogen-bond donors (Lipinski definition) is 2. The van der Waals surface area contributed by atoms with Crippen molar-refractivity contribution in [1.29, 1.82) is 0 Å². The maximum atomic E-state index is 12.5. The molecule has 0 aliphatic rings. The van der Waals surface area contributed by atoms with Crippen LogP contribution in [0.1, 0.15) is 13.8 Å². The third-order valence-electron chi connectivity index (χ3n) is 4.37. The van der Waals surface area contributed by atoms with Gasteiger partial charge in [0.05, 0.1) is 26.2 Å². The molecule has 0 aromatic heterocycles. The van der Waals surface area contributed by atoms with Gasteiger partial charge in [0.1, 0.15) is 11.8 Å². The lowest BCUT2D eigenvalue weighted by Crippen LogP contribution is -2.42. The largest absolute Gasteiger partial charge is 0.497 e. The first-order valence-electron chi connectivity index (χ1n) is 9.51. The molecule has 1 unspecified atom stereocenters. The molecular weight excluding hydrogens is 440 g/mol. The van der Waals surface area contributed by atoms with Gasteiger partial charge in [-0.05, 0) is 50.2 Å². The van der Waals surface area contributed by atoms with Crippen molar-refractivity contribution in [3.05, 3.63) is 42.5 Å². The molecule has 2 atom stereocenters. The maximum Gasteiger partial charge on any atom is 0.324 e. The van der Waals surface area contributed by atoms with Crippen molar-refractivity contribution in [2.75, 3.05) is 26.6 Å². The standard InChI is InChI=1S/C21H26N2O8S/c1-13(23-32(26,27)17-9-7-16(28-3)8-10-17)21(25)31-14(2)20(24)22-15-6-11-18(29-4)19(12-15)30-5/h6-14,23H,1-5H3,(H,22,24)/t13-,14?/m0/s1. The van der Waals surface area contributed by atoms with Crippen LogP contribution in [0.2, 0.25) is 0 Å². The number of benzene rings is 2. The number of nitrogens with one attached hydrogen (secondary N) is 2. The monoisotopic (exact) mass is 466 g/mol. The summed E-state index contributed by atoms with van der Waals surface area (Å²) in [6, 6.07) is 9.20. The van der Waals surface area contributed by atoms with Gasteiger partial charge in [0.25, 0.3) is 5.91 Å². The van der Waals surface area contributed by atoms with Crippen LogP contribution in [0.5, 0.6) is 17.2 Å². The number of rotatable bonds is 10. The highest BCUT2D eigenvalue weighted by Gasteiger charge is 2.26. The summed E-state index contributed by atoms with van der Waals surface area (Å²) in [5, 5.41) is 2.59. The van der Waals surface area contributed by atoms with Crippen LogP contribution in [0.25, 0.3) is 0 Å². The van der Waals surface area contributed by atoms with Gasteiger partial charge in [-0.2, -0.15) is 4.72 Å². The second-order valence-electron chi connectivity index (χ2n) is 6.66. The fourth-order valence-electron chi connectivity index (χ4n) is 2.59. The topological polar surface area (TPSA) is 129 Å². The zero-order valence-electron chi connectivity index (χ0n) is 18.4. The van der Waals surface area contributed by atoms with Crippen LogP contribution in [-0.4, -0.2) is 53.8 Å². The van der Waals surface area contributed by atoms with Crippen LogP contribution in [0, 0.1) is 0 Å². The summed E-state index contributed by atoms with van der Waals surface area (Å²) >= 11 is 0. The molecule has 11 heteroatoms. The number of amides is 1. The van der Waals surface area contributed by atoms with E-state index in [1.54, 1.807) is 18.2 Å². The van der Waals surface area contributed by atoms with Crippen molar-refractivity contribution in [1.82, 2.24) is 4.72 Å². The van der Waals surface area contributed by atoms with E-state index in [9.17, 15) is 18.0 Å². The van der Waals surface area contributed by atoms with Crippen LogP contribution < -0.4 is 24.2 Å². The lowest BCUT2D eigenvalue weighted by atomic mass is 10.2. The lowest BCUT2D eigenvalue weighted by Gasteiger charge is -2.18. The third kappa shape index (κ3) is 6.34. The van der Waals surface area contributed by atoms with Gasteiger partial charge in [-0.15, -0.1) is 0 Å². The van der Waals surface area contributed by atoms with Gasteiger partial charge in [-0.1, -0.05) is 0 Å². The fourth-order valence-corrected chi connectivity index (χ4v) is 3.78. The number of sulfonamides is 1. The summed E-state index contributed by atoms with van der Waals surface area (Å²) in [5.74, 6) is -0.113. The van der Waals surface area contributed by atoms with Crippen molar-refractivity contribution < 1.29 is 37.0 Å². The van der Waals surface area contributed by atoms with Crippen LogP contribution in [-0.2, 0) is 24.3 Å². The van der Waals surface area contributed by atoms with Crippen LogP contribution >= 0.6 is 0 Å². The molecule has 2 rings (SSSR count). The Labute approximate surface area is 186 Å². The zero-order chi connectivity index (χ0) is 23.9. The Morgan fingerprint density at radius 2 is 1.50 bits per heavy atom. The summed E-state index contributed by atoms with van der Waals surface area (Å²) < 4.78 is 47.6. The van der Waals surface area contributed by atoms with Gasteiger partial charge < -0.3 is 24.3 Å². The molecule has 174 valence electrons. The Kier molecular flexibility index (Phi) is 8.44. The molecule has 0 heterocycles. The number of ether oxygens (including phenoxy) is 4. The van der Waals surface area contributed by atoms with Gasteiger partial charge in [0.2, 0.25) is 10.0 Å². The molecule has 0 aliphatic heterocycles. The SMILES string of the molecule is COc1ccc(S(=O)(=O)N[C@@H](C)C(=O)OC(C)C(=O)Nc2ccc(OC)c(OC)c2)cc1. The van der Waals surface area contributed by atoms with E-state index in [2.05, 4.69) is 10.0 Å². The summed E-state index contributed by atoms with van der Waals surface area (Å²) in [5.41, 5.74) is 0.406. The van der Waals surface area contributed by atoms with Crippen molar-refractivity contribution in [2.24, 2.45) is 0 Å². The van der Waals surface area contributed by atoms with Crippen LogP contribution in [0.3, 0.4) is 0 Å². The average Bonchev–Trinajstić information content (AvgIpc) is 2.78. The Bertz CT molecular complexity index is 1050. The Morgan fingerprint density at radius 1 is 0.875 bits per heavy atom. The minimum absolute atomic E-state index is 0.0443. The molecule has 0 saturated carbocycles. The highest BCUT2D eigenvalue weighted by molar-refractivity contribution is 7.89. The van der Waals surface area contributed by atoms with Gasteiger partial charge in [0.15, 0.2) is 17.6 Å². The summed E-state index contributed by atoms with van der Waals surface area (Å²) in [6.45, 7) is 2.70. The summed E-state index contributed by atoms with van der Waals surface area (Å²) in [4.78, 5) is 24.7. The Balaban J connectivity index is 1.97. The van der Waals surface area contributed by atoms with E-state index in [0.29, 0.717) is 22.9 Å². The average molecular weight is 467 g/mol. The van der Waals surface area contributed by atoms with E-state index in [-0.39, 0.29) is 4.90 Å². The number of hydrogen-bond acceptors (Lipinski definition) is 8. The molecule has 0 aliphatic carbocycles. The van der Waals surface area contributed by atoms with E-state index in [1.165, 1.54) is 59.4 Å². The fraction of sp³-hybridized carbons (Fsp3) is 0.333. The second-order valence-corrected chi connectivity index (χ2v) is 8.37. The predicted octanol–water partition coefficient (Wildman–Crippen LogP) is 1.95. The summed E-state index contributed by atoms with van der Waals surface area (Å²) in [6.07, 6.45) is -1.18. The molecule has 0 bridgehead atoms. The molecule has 32 heavy (non-hydrogen) atoms. The molecule has 10 nitrogen and oxygen atoms in total. The number of carbonyl (C=O) groups excluding carboxylic acids is 2. The van der Waals surface area contributed by atoms with Crippen LogP contribution in [0.4, 0.5) is 5.69 Å². The summed E-state index contributed by atoms with van der Waals surface area (Å²) in [7, 11) is 0.428. The van der Waals surface area contributed by atoms with E-state index >= 15 is 0 Å². The number of methoxy groups -OCH3 is 3. The molecular formula is C21H26N2O8S. The minimum atomic E-state index is -3.98. The normalized spacial score (nSPS) is 12.9. The van der Waals surface area contributed by atoms with Crippen LogP contribution in [0.15, 0.2) is 47.4 Å². The highest BCUT2D eigenvalue weighted by Crippen LogP contribution is 2.29. The lowest BCUT2D eigenvalue weighted by molar-refractivity contribution is -0.154. The molecule has 2 aromatic carbocycles. The zero-order valence-corrected chi connectivity index (χ0v) is 19.2. The number of carbonyl (C=O) groups is 2. The van der Waals surface area contributed by atoms with Crippen molar-refractivity contribution in [3.63, 3.8) is 0 Å². The first-order chi connectivity index (χ1) is 15.1. The molecule has 0 fully saturated rings. The Morgan fingerprint density at radius 3 is 2.06 bits per heavy atom. The van der Waals surface area contributed by atoms with Gasteiger partial charge >= 0.3 is 5.97 Å². The highest BCUT2D eigenvalue weighted by atomic mass is 32.2. The van der Waals surface area contributed by atoms with E-state index < -0.39 is 34.0 Å². The van der Waals surface area contributed by atoms with Gasteiger partial charge in [0, 0.05) is 11.8 Å². The molecule has 2 aromatic rings. The Hall–Kier alpha value is -3.31. The smallest absolute Gasteiger partial charge is 0.324 e. The van der Waals surface area contributed by atoms with Gasteiger partial charge in [-0.3, -0.25) is 9.59 Å².